The summed E-state index contributed by atoms with van der Waals surface area (Å²) in [5, 5.41) is 1.59. The maximum Gasteiger partial charge on any atom is 0.227 e. The molecule has 0 bridgehead atoms. The molecule has 0 aliphatic rings. The van der Waals surface area contributed by atoms with Crippen molar-refractivity contribution in [2.45, 2.75) is 16.8 Å². The molecule has 0 spiro atoms. The Balaban J connectivity index is 2.13. The highest BCUT2D eigenvalue weighted by molar-refractivity contribution is 9.11. The first-order chi connectivity index (χ1) is 9.98. The lowest BCUT2D eigenvalue weighted by molar-refractivity contribution is 0.565. The Hall–Kier alpha value is -1.51. The Morgan fingerprint density at radius 2 is 1.95 bits per heavy atom. The van der Waals surface area contributed by atoms with Gasteiger partial charge in [-0.25, -0.2) is 18.4 Å². The molecule has 2 aromatic heterocycles. The van der Waals surface area contributed by atoms with E-state index < -0.39 is 9.84 Å². The molecule has 0 saturated heterocycles. The molecule has 3 aromatic rings. The Labute approximate surface area is 133 Å². The standard InChI is InChI=1S/C13H9BrN2O3S2/c1-8-2-4-9(5-3-8)21(17,18)12-11(19-7-15-12)10-6-20-13(14)16-10/h2-7H,1H3. The minimum atomic E-state index is -3.74. The molecule has 0 unspecified atom stereocenters. The third kappa shape index (κ3) is 2.66. The Morgan fingerprint density at radius 3 is 2.57 bits per heavy atom. The first-order valence-corrected chi connectivity index (χ1v) is 9.01. The quantitative estimate of drug-likeness (QED) is 0.687. The van der Waals surface area contributed by atoms with Crippen molar-refractivity contribution in [1.82, 2.24) is 9.97 Å². The van der Waals surface area contributed by atoms with Gasteiger partial charge in [0.1, 0.15) is 5.69 Å². The van der Waals surface area contributed by atoms with Gasteiger partial charge in [-0.1, -0.05) is 17.7 Å². The summed E-state index contributed by atoms with van der Waals surface area (Å²) in [4.78, 5) is 8.22. The second-order valence-corrected chi connectivity index (χ2v) is 8.29. The highest BCUT2D eigenvalue weighted by atomic mass is 79.9. The number of hydrogen-bond acceptors (Lipinski definition) is 6. The van der Waals surface area contributed by atoms with Crippen LogP contribution in [0.1, 0.15) is 5.56 Å². The van der Waals surface area contributed by atoms with Crippen molar-refractivity contribution in [3.05, 3.63) is 45.5 Å². The summed E-state index contributed by atoms with van der Waals surface area (Å²) in [7, 11) is -3.74. The Kier molecular flexibility index (Phi) is 3.68. The van der Waals surface area contributed by atoms with Crippen LogP contribution in [0.5, 0.6) is 0 Å². The first kappa shape index (κ1) is 14.4. The number of thiazole rings is 1. The molecule has 2 heterocycles. The molecule has 8 heteroatoms. The number of sulfone groups is 1. The second kappa shape index (κ2) is 5.36. The van der Waals surface area contributed by atoms with Gasteiger partial charge in [-0.3, -0.25) is 0 Å². The molecule has 0 aliphatic heterocycles. The van der Waals surface area contributed by atoms with E-state index >= 15 is 0 Å². The lowest BCUT2D eigenvalue weighted by Gasteiger charge is -2.03. The van der Waals surface area contributed by atoms with Crippen molar-refractivity contribution in [3.8, 4) is 11.5 Å². The normalized spacial score (nSPS) is 11.7. The van der Waals surface area contributed by atoms with E-state index in [0.29, 0.717) is 9.61 Å². The Morgan fingerprint density at radius 1 is 1.24 bits per heavy atom. The molecule has 1 aromatic carbocycles. The highest BCUT2D eigenvalue weighted by Crippen LogP contribution is 2.32. The summed E-state index contributed by atoms with van der Waals surface area (Å²) in [6.45, 7) is 1.89. The molecule has 5 nitrogen and oxygen atoms in total. The molecule has 3 rings (SSSR count). The van der Waals surface area contributed by atoms with Crippen LogP contribution in [0.15, 0.2) is 54.3 Å². The second-order valence-electron chi connectivity index (χ2n) is 4.29. The molecule has 0 N–H and O–H groups in total. The van der Waals surface area contributed by atoms with E-state index in [-0.39, 0.29) is 15.7 Å². The molecular formula is C13H9BrN2O3S2. The van der Waals surface area contributed by atoms with Gasteiger partial charge >= 0.3 is 0 Å². The van der Waals surface area contributed by atoms with E-state index in [1.54, 1.807) is 29.6 Å². The van der Waals surface area contributed by atoms with Crippen LogP contribution in [0, 0.1) is 6.92 Å². The van der Waals surface area contributed by atoms with E-state index in [9.17, 15) is 8.42 Å². The van der Waals surface area contributed by atoms with Crippen molar-refractivity contribution in [2.24, 2.45) is 0 Å². The maximum atomic E-state index is 12.6. The smallest absolute Gasteiger partial charge is 0.227 e. The lowest BCUT2D eigenvalue weighted by Crippen LogP contribution is -2.04. The predicted octanol–water partition coefficient (Wildman–Crippen LogP) is 3.70. The van der Waals surface area contributed by atoms with Gasteiger partial charge in [-0.05, 0) is 35.0 Å². The summed E-state index contributed by atoms with van der Waals surface area (Å²) < 4.78 is 31.2. The van der Waals surface area contributed by atoms with Crippen LogP contribution in [0.2, 0.25) is 0 Å². The number of aryl methyl sites for hydroxylation is 1. The van der Waals surface area contributed by atoms with Gasteiger partial charge in [0, 0.05) is 5.38 Å². The van der Waals surface area contributed by atoms with Crippen LogP contribution in [0.4, 0.5) is 0 Å². The zero-order chi connectivity index (χ0) is 15.0. The largest absolute Gasteiger partial charge is 0.440 e. The number of oxazole rings is 1. The molecule has 0 aliphatic carbocycles. The van der Waals surface area contributed by atoms with Crippen LogP contribution in [0.25, 0.3) is 11.5 Å². The van der Waals surface area contributed by atoms with E-state index in [1.807, 2.05) is 6.92 Å². The van der Waals surface area contributed by atoms with Crippen molar-refractivity contribution < 1.29 is 12.8 Å². The van der Waals surface area contributed by atoms with Gasteiger partial charge in [0.15, 0.2) is 16.1 Å². The molecule has 0 saturated carbocycles. The summed E-state index contributed by atoms with van der Waals surface area (Å²) in [5.74, 6) is 0.150. The zero-order valence-corrected chi connectivity index (χ0v) is 14.0. The predicted molar refractivity (Wildman–Crippen MR) is 81.9 cm³/mol. The summed E-state index contributed by atoms with van der Waals surface area (Å²) in [6, 6.07) is 6.60. The minimum Gasteiger partial charge on any atom is -0.440 e. The van der Waals surface area contributed by atoms with Crippen molar-refractivity contribution in [1.29, 1.82) is 0 Å². The molecule has 0 fully saturated rings. The van der Waals surface area contributed by atoms with Gasteiger partial charge < -0.3 is 4.42 Å². The molecule has 0 radical (unpaired) electrons. The van der Waals surface area contributed by atoms with Crippen molar-refractivity contribution in [3.63, 3.8) is 0 Å². The molecule has 0 amide bonds. The van der Waals surface area contributed by atoms with Gasteiger partial charge in [0.2, 0.25) is 14.9 Å². The van der Waals surface area contributed by atoms with E-state index in [0.717, 1.165) is 12.0 Å². The fraction of sp³-hybridized carbons (Fsp3) is 0.0769. The van der Waals surface area contributed by atoms with Crippen molar-refractivity contribution >= 4 is 37.1 Å². The maximum absolute atomic E-state index is 12.6. The third-order valence-electron chi connectivity index (χ3n) is 2.83. The van der Waals surface area contributed by atoms with E-state index in [2.05, 4.69) is 25.9 Å². The summed E-state index contributed by atoms with van der Waals surface area (Å²) in [6.07, 6.45) is 1.11. The highest BCUT2D eigenvalue weighted by Gasteiger charge is 2.27. The lowest BCUT2D eigenvalue weighted by atomic mass is 10.2. The Bertz CT molecular complexity index is 882. The first-order valence-electron chi connectivity index (χ1n) is 5.85. The van der Waals surface area contributed by atoms with Gasteiger partial charge in [0.25, 0.3) is 0 Å². The number of aromatic nitrogens is 2. The minimum absolute atomic E-state index is 0.121. The number of rotatable bonds is 3. The molecule has 21 heavy (non-hydrogen) atoms. The van der Waals surface area contributed by atoms with Crippen LogP contribution in [0.3, 0.4) is 0 Å². The number of halogens is 1. The SMILES string of the molecule is Cc1ccc(S(=O)(=O)c2ncoc2-c2csc(Br)n2)cc1. The average Bonchev–Trinajstić information content (AvgIpc) is 3.07. The summed E-state index contributed by atoms with van der Waals surface area (Å²) >= 11 is 4.58. The fourth-order valence-corrected chi connectivity index (χ4v) is 4.07. The molecule has 108 valence electrons. The van der Waals surface area contributed by atoms with E-state index in [4.69, 9.17) is 4.42 Å². The van der Waals surface area contributed by atoms with Gasteiger partial charge in [-0.15, -0.1) is 11.3 Å². The average molecular weight is 385 g/mol. The topological polar surface area (TPSA) is 73.1 Å². The molecule has 0 atom stereocenters. The van der Waals surface area contributed by atoms with Crippen LogP contribution in [-0.2, 0) is 9.84 Å². The van der Waals surface area contributed by atoms with Gasteiger partial charge in [-0.2, -0.15) is 0 Å². The number of hydrogen-bond donors (Lipinski definition) is 0. The van der Waals surface area contributed by atoms with Crippen LogP contribution in [-0.4, -0.2) is 18.4 Å². The fourth-order valence-electron chi connectivity index (χ4n) is 1.78. The zero-order valence-electron chi connectivity index (χ0n) is 10.8. The number of benzene rings is 1. The summed E-state index contributed by atoms with van der Waals surface area (Å²) in [5.41, 5.74) is 1.42. The molecular weight excluding hydrogens is 376 g/mol. The van der Waals surface area contributed by atoms with Crippen LogP contribution >= 0.6 is 27.3 Å². The monoisotopic (exact) mass is 384 g/mol. The number of nitrogens with zero attached hydrogens (tertiary/aromatic N) is 2. The van der Waals surface area contributed by atoms with Crippen molar-refractivity contribution in [2.75, 3.05) is 0 Å². The van der Waals surface area contributed by atoms with Crippen LogP contribution < -0.4 is 0 Å². The van der Waals surface area contributed by atoms with Gasteiger partial charge in [0.05, 0.1) is 4.90 Å². The van der Waals surface area contributed by atoms with E-state index in [1.165, 1.54) is 11.3 Å². The third-order valence-corrected chi connectivity index (χ3v) is 5.89.